The summed E-state index contributed by atoms with van der Waals surface area (Å²) in [4.78, 5) is 0. The number of benzene rings is 3. The minimum Gasteiger partial charge on any atom is -0.379 e. The van der Waals surface area contributed by atoms with Gasteiger partial charge in [-0.3, -0.25) is 0 Å². The van der Waals surface area contributed by atoms with Gasteiger partial charge in [0.05, 0.1) is 132 Å². The van der Waals surface area contributed by atoms with Crippen LogP contribution in [-0.2, 0) is 57.7 Å². The van der Waals surface area contributed by atoms with Crippen molar-refractivity contribution in [3.05, 3.63) is 108 Å². The SMILES string of the molecule is CCCCOCCOCCOCCOCCOCCOCCOCCOCCOCCOCCOC(c1ccccc1)(c1ccccc1)c1ccccc1. The van der Waals surface area contributed by atoms with Crippen LogP contribution in [0.3, 0.4) is 0 Å². The minimum absolute atomic E-state index is 0.418. The van der Waals surface area contributed by atoms with Gasteiger partial charge in [-0.25, -0.2) is 0 Å². The van der Waals surface area contributed by atoms with Crippen molar-refractivity contribution in [2.75, 3.05) is 139 Å². The number of ether oxygens (including phenoxy) is 11. The van der Waals surface area contributed by atoms with Crippen molar-refractivity contribution < 1.29 is 52.1 Å². The molecular weight excluding hydrogens is 692 g/mol. The molecule has 0 amide bonds. The van der Waals surface area contributed by atoms with Gasteiger partial charge in [0.25, 0.3) is 0 Å². The molecule has 0 aliphatic heterocycles. The fourth-order valence-electron chi connectivity index (χ4n) is 5.35. The average molecular weight is 757 g/mol. The standard InChI is InChI=1S/C43H64O11/c1-2-3-19-44-20-21-45-22-23-46-24-25-47-26-27-48-28-29-49-30-31-50-32-33-51-34-35-52-36-37-53-38-39-54-43(40-13-7-4-8-14-40,41-15-9-5-10-16-41)42-17-11-6-12-18-42/h4-18H,2-3,19-39H2,1H3. The van der Waals surface area contributed by atoms with Gasteiger partial charge in [-0.1, -0.05) is 104 Å². The number of unbranched alkanes of at least 4 members (excludes halogenated alkanes) is 1. The first-order valence-electron chi connectivity index (χ1n) is 19.5. The molecule has 11 nitrogen and oxygen atoms in total. The molecule has 0 spiro atoms. The zero-order valence-electron chi connectivity index (χ0n) is 32.4. The van der Waals surface area contributed by atoms with E-state index in [1.54, 1.807) is 0 Å². The van der Waals surface area contributed by atoms with Crippen molar-refractivity contribution in [2.24, 2.45) is 0 Å². The van der Waals surface area contributed by atoms with Crippen molar-refractivity contribution in [2.45, 2.75) is 25.4 Å². The van der Waals surface area contributed by atoms with Crippen molar-refractivity contribution in [3.63, 3.8) is 0 Å². The summed E-state index contributed by atoms with van der Waals surface area (Å²) >= 11 is 0. The molecule has 0 aliphatic rings. The number of rotatable bonds is 37. The van der Waals surface area contributed by atoms with E-state index in [4.69, 9.17) is 52.1 Å². The first kappa shape index (κ1) is 45.6. The lowest BCUT2D eigenvalue weighted by atomic mass is 9.80. The van der Waals surface area contributed by atoms with Gasteiger partial charge in [0.1, 0.15) is 5.60 Å². The summed E-state index contributed by atoms with van der Waals surface area (Å²) in [5.41, 5.74) is 2.46. The maximum atomic E-state index is 6.73. The summed E-state index contributed by atoms with van der Waals surface area (Å²) < 4.78 is 62.3. The molecule has 0 saturated heterocycles. The molecule has 0 atom stereocenters. The Morgan fingerprint density at radius 2 is 0.519 bits per heavy atom. The Balaban J connectivity index is 1.06. The van der Waals surface area contributed by atoms with Gasteiger partial charge in [-0.2, -0.15) is 0 Å². The van der Waals surface area contributed by atoms with E-state index in [1.165, 1.54) is 0 Å². The van der Waals surface area contributed by atoms with E-state index in [1.807, 2.05) is 54.6 Å². The number of hydrogen-bond acceptors (Lipinski definition) is 11. The molecule has 0 aliphatic carbocycles. The monoisotopic (exact) mass is 756 g/mol. The smallest absolute Gasteiger partial charge is 0.143 e. The predicted octanol–water partition coefficient (Wildman–Crippen LogP) is 5.96. The summed E-state index contributed by atoms with van der Waals surface area (Å²) in [5.74, 6) is 0. The van der Waals surface area contributed by atoms with Gasteiger partial charge < -0.3 is 52.1 Å². The van der Waals surface area contributed by atoms with Crippen LogP contribution in [0.5, 0.6) is 0 Å². The Kier molecular flexibility index (Phi) is 27.4. The highest BCUT2D eigenvalue weighted by Crippen LogP contribution is 2.40. The summed E-state index contributed by atoms with van der Waals surface area (Å²) in [6.45, 7) is 13.3. The minimum atomic E-state index is -0.749. The Bertz CT molecular complexity index is 1120. The van der Waals surface area contributed by atoms with E-state index < -0.39 is 5.60 Å². The van der Waals surface area contributed by atoms with E-state index in [0.29, 0.717) is 132 Å². The maximum Gasteiger partial charge on any atom is 0.143 e. The van der Waals surface area contributed by atoms with Crippen molar-refractivity contribution in [1.82, 2.24) is 0 Å². The van der Waals surface area contributed by atoms with E-state index in [2.05, 4.69) is 43.3 Å². The molecule has 3 aromatic rings. The fourth-order valence-corrected chi connectivity index (χ4v) is 5.35. The Labute approximate surface area is 323 Å². The van der Waals surface area contributed by atoms with Gasteiger partial charge in [0.15, 0.2) is 0 Å². The third-order valence-electron chi connectivity index (χ3n) is 8.08. The Morgan fingerprint density at radius 3 is 0.759 bits per heavy atom. The van der Waals surface area contributed by atoms with Crippen LogP contribution in [-0.4, -0.2) is 139 Å². The van der Waals surface area contributed by atoms with Crippen LogP contribution in [0.2, 0.25) is 0 Å². The van der Waals surface area contributed by atoms with Crippen LogP contribution in [0.15, 0.2) is 91.0 Å². The van der Waals surface area contributed by atoms with Crippen molar-refractivity contribution in [1.29, 1.82) is 0 Å². The number of hydrogen-bond donors (Lipinski definition) is 0. The molecule has 3 rings (SSSR count). The molecule has 0 heterocycles. The molecule has 302 valence electrons. The topological polar surface area (TPSA) is 102 Å². The molecule has 3 aromatic carbocycles. The summed E-state index contributed by atoms with van der Waals surface area (Å²) in [5, 5.41) is 0. The maximum absolute atomic E-state index is 6.73. The van der Waals surface area contributed by atoms with Crippen LogP contribution in [0, 0.1) is 0 Å². The molecule has 0 N–H and O–H groups in total. The summed E-state index contributed by atoms with van der Waals surface area (Å²) in [6, 6.07) is 31.0. The Hall–Kier alpha value is -2.78. The van der Waals surface area contributed by atoms with Crippen molar-refractivity contribution in [3.8, 4) is 0 Å². The second kappa shape index (κ2) is 32.5. The van der Waals surface area contributed by atoms with Gasteiger partial charge in [-0.05, 0) is 23.1 Å². The molecule has 0 aromatic heterocycles. The zero-order chi connectivity index (χ0) is 37.9. The first-order chi connectivity index (χ1) is 26.9. The highest BCUT2D eigenvalue weighted by Gasteiger charge is 2.37. The van der Waals surface area contributed by atoms with Gasteiger partial charge >= 0.3 is 0 Å². The van der Waals surface area contributed by atoms with Crippen LogP contribution in [0.1, 0.15) is 36.5 Å². The largest absolute Gasteiger partial charge is 0.379 e. The van der Waals surface area contributed by atoms with E-state index in [0.717, 1.165) is 36.1 Å². The normalized spacial score (nSPS) is 11.7. The molecule has 0 unspecified atom stereocenters. The van der Waals surface area contributed by atoms with Gasteiger partial charge in [0, 0.05) is 6.61 Å². The predicted molar refractivity (Wildman–Crippen MR) is 208 cm³/mol. The van der Waals surface area contributed by atoms with Crippen LogP contribution >= 0.6 is 0 Å². The zero-order valence-corrected chi connectivity index (χ0v) is 32.4. The highest BCUT2D eigenvalue weighted by atomic mass is 16.6. The van der Waals surface area contributed by atoms with Crippen LogP contribution < -0.4 is 0 Å². The van der Waals surface area contributed by atoms with E-state index >= 15 is 0 Å². The lowest BCUT2D eigenvalue weighted by molar-refractivity contribution is -0.0399. The van der Waals surface area contributed by atoms with Crippen molar-refractivity contribution >= 4 is 0 Å². The first-order valence-corrected chi connectivity index (χ1v) is 19.5. The molecule has 0 saturated carbocycles. The average Bonchev–Trinajstić information content (AvgIpc) is 3.22. The molecule has 0 fully saturated rings. The molecule has 0 radical (unpaired) electrons. The molecule has 0 bridgehead atoms. The van der Waals surface area contributed by atoms with Crippen LogP contribution in [0.4, 0.5) is 0 Å². The lowest BCUT2D eigenvalue weighted by Crippen LogP contribution is -2.34. The third-order valence-corrected chi connectivity index (χ3v) is 8.08. The van der Waals surface area contributed by atoms with Crippen LogP contribution in [0.25, 0.3) is 0 Å². The summed E-state index contributed by atoms with van der Waals surface area (Å²) in [6.07, 6.45) is 2.24. The quantitative estimate of drug-likeness (QED) is 0.0515. The third kappa shape index (κ3) is 20.2. The highest BCUT2D eigenvalue weighted by molar-refractivity contribution is 5.47. The summed E-state index contributed by atoms with van der Waals surface area (Å²) in [7, 11) is 0. The fraction of sp³-hybridized carbons (Fsp3) is 0.581. The molecule has 54 heavy (non-hydrogen) atoms. The van der Waals surface area contributed by atoms with Gasteiger partial charge in [-0.15, -0.1) is 0 Å². The lowest BCUT2D eigenvalue weighted by Gasteiger charge is -2.36. The Morgan fingerprint density at radius 1 is 0.296 bits per heavy atom. The van der Waals surface area contributed by atoms with E-state index in [9.17, 15) is 0 Å². The van der Waals surface area contributed by atoms with Gasteiger partial charge in [0.2, 0.25) is 0 Å². The molecular formula is C43H64O11. The second-order valence-electron chi connectivity index (χ2n) is 12.1. The molecule has 11 heteroatoms. The van der Waals surface area contributed by atoms with E-state index in [-0.39, 0.29) is 0 Å². The second-order valence-corrected chi connectivity index (χ2v) is 12.1.